The minimum atomic E-state index is -0.0731. The summed E-state index contributed by atoms with van der Waals surface area (Å²) in [5.41, 5.74) is 0.521. The molecule has 0 bridgehead atoms. The Morgan fingerprint density at radius 2 is 2.29 bits per heavy atom. The molecule has 1 amide bonds. The third kappa shape index (κ3) is 4.47. The van der Waals surface area contributed by atoms with Crippen molar-refractivity contribution in [3.8, 4) is 23.3 Å². The number of methoxy groups -OCH3 is 1. The number of phenolic OH excluding ortho intramolecular Hbond substituents is 1. The zero-order valence-corrected chi connectivity index (χ0v) is 9.91. The Kier molecular flexibility index (Phi) is 4.89. The molecule has 4 heteroatoms. The summed E-state index contributed by atoms with van der Waals surface area (Å²) < 4.78 is 5.03. The first kappa shape index (κ1) is 12.9. The fourth-order valence-corrected chi connectivity index (χ4v) is 1.20. The smallest absolute Gasteiger partial charge is 0.216 e. The Labute approximate surface area is 101 Å². The Balaban J connectivity index is 2.61. The second-order valence-electron chi connectivity index (χ2n) is 3.42. The van der Waals surface area contributed by atoms with Gasteiger partial charge in [-0.05, 0) is 18.2 Å². The van der Waals surface area contributed by atoms with Gasteiger partial charge in [-0.25, -0.2) is 0 Å². The monoisotopic (exact) mass is 233 g/mol. The quantitative estimate of drug-likeness (QED) is 0.610. The number of carbonyl (C=O) groups is 1. The standard InChI is InChI=1S/C13H15NO3/c1-10(15)14-8-4-3-5-11-9-12(17-2)6-7-13(11)16/h6-7,9,16H,4,8H2,1-2H3,(H,14,15). The predicted molar refractivity (Wildman–Crippen MR) is 64.8 cm³/mol. The highest BCUT2D eigenvalue weighted by Gasteiger charge is 1.99. The fourth-order valence-electron chi connectivity index (χ4n) is 1.20. The van der Waals surface area contributed by atoms with E-state index in [1.807, 2.05) is 0 Å². The van der Waals surface area contributed by atoms with Crippen LogP contribution in [-0.4, -0.2) is 24.7 Å². The van der Waals surface area contributed by atoms with E-state index in [1.54, 1.807) is 19.2 Å². The van der Waals surface area contributed by atoms with E-state index >= 15 is 0 Å². The predicted octanol–water partition coefficient (Wildman–Crippen LogP) is 1.28. The fraction of sp³-hybridized carbons (Fsp3) is 0.308. The Morgan fingerprint density at radius 3 is 2.94 bits per heavy atom. The van der Waals surface area contributed by atoms with Crippen LogP contribution in [-0.2, 0) is 4.79 Å². The summed E-state index contributed by atoms with van der Waals surface area (Å²) in [7, 11) is 1.56. The van der Waals surface area contributed by atoms with Gasteiger partial charge in [0.05, 0.1) is 12.7 Å². The van der Waals surface area contributed by atoms with Crippen LogP contribution in [0.2, 0.25) is 0 Å². The molecule has 0 saturated heterocycles. The van der Waals surface area contributed by atoms with E-state index in [0.717, 1.165) is 0 Å². The van der Waals surface area contributed by atoms with Crippen LogP contribution in [0.5, 0.6) is 11.5 Å². The normalized spacial score (nSPS) is 9.06. The molecule has 2 N–H and O–H groups in total. The van der Waals surface area contributed by atoms with Crippen molar-refractivity contribution in [3.05, 3.63) is 23.8 Å². The number of hydrogen-bond donors (Lipinski definition) is 2. The molecule has 4 nitrogen and oxygen atoms in total. The van der Waals surface area contributed by atoms with Crippen LogP contribution in [0.3, 0.4) is 0 Å². The molecule has 17 heavy (non-hydrogen) atoms. The van der Waals surface area contributed by atoms with Crippen LogP contribution in [0.25, 0.3) is 0 Å². The van der Waals surface area contributed by atoms with E-state index in [4.69, 9.17) is 4.74 Å². The summed E-state index contributed by atoms with van der Waals surface area (Å²) in [5.74, 6) is 6.40. The molecular formula is C13H15NO3. The maximum absolute atomic E-state index is 10.6. The summed E-state index contributed by atoms with van der Waals surface area (Å²) in [6.07, 6.45) is 0.538. The van der Waals surface area contributed by atoms with Gasteiger partial charge >= 0.3 is 0 Å². The zero-order chi connectivity index (χ0) is 12.7. The number of hydrogen-bond acceptors (Lipinski definition) is 3. The lowest BCUT2D eigenvalue weighted by molar-refractivity contribution is -0.118. The molecule has 1 aromatic carbocycles. The number of carbonyl (C=O) groups excluding carboxylic acids is 1. The molecule has 0 aliphatic carbocycles. The molecule has 90 valence electrons. The van der Waals surface area contributed by atoms with Crippen molar-refractivity contribution in [2.24, 2.45) is 0 Å². The van der Waals surface area contributed by atoms with Gasteiger partial charge in [0.15, 0.2) is 0 Å². The van der Waals surface area contributed by atoms with Gasteiger partial charge in [0, 0.05) is 19.9 Å². The molecule has 0 atom stereocenters. The Bertz CT molecular complexity index is 457. The average Bonchev–Trinajstić information content (AvgIpc) is 2.30. The van der Waals surface area contributed by atoms with E-state index in [1.165, 1.54) is 13.0 Å². The first-order chi connectivity index (χ1) is 8.13. The summed E-state index contributed by atoms with van der Waals surface area (Å²) in [5, 5.41) is 12.2. The van der Waals surface area contributed by atoms with Gasteiger partial charge in [-0.15, -0.1) is 0 Å². The number of ether oxygens (including phenoxy) is 1. The van der Waals surface area contributed by atoms with Crippen molar-refractivity contribution >= 4 is 5.91 Å². The third-order valence-corrected chi connectivity index (χ3v) is 2.05. The van der Waals surface area contributed by atoms with Gasteiger partial charge in [0.25, 0.3) is 0 Å². The molecule has 0 fully saturated rings. The molecule has 1 aromatic rings. The van der Waals surface area contributed by atoms with Gasteiger partial charge in [-0.2, -0.15) is 0 Å². The van der Waals surface area contributed by atoms with Gasteiger partial charge in [-0.1, -0.05) is 11.8 Å². The van der Waals surface area contributed by atoms with Gasteiger partial charge in [0.2, 0.25) is 5.91 Å². The van der Waals surface area contributed by atoms with E-state index < -0.39 is 0 Å². The molecule has 0 aliphatic rings. The molecule has 0 saturated carbocycles. The summed E-state index contributed by atoms with van der Waals surface area (Å²) >= 11 is 0. The van der Waals surface area contributed by atoms with Crippen LogP contribution in [0.4, 0.5) is 0 Å². The Hall–Kier alpha value is -2.15. The van der Waals surface area contributed by atoms with Gasteiger partial charge in [0.1, 0.15) is 11.5 Å². The van der Waals surface area contributed by atoms with Crippen molar-refractivity contribution in [3.63, 3.8) is 0 Å². The first-order valence-electron chi connectivity index (χ1n) is 5.24. The molecule has 0 unspecified atom stereocenters. The molecule has 0 aliphatic heterocycles. The van der Waals surface area contributed by atoms with Crippen LogP contribution in [0.15, 0.2) is 18.2 Å². The van der Waals surface area contributed by atoms with Crippen LogP contribution < -0.4 is 10.1 Å². The van der Waals surface area contributed by atoms with E-state index in [9.17, 15) is 9.90 Å². The number of amides is 1. The van der Waals surface area contributed by atoms with Gasteiger partial charge in [-0.3, -0.25) is 4.79 Å². The minimum absolute atomic E-state index is 0.0731. The topological polar surface area (TPSA) is 58.6 Å². The number of nitrogens with one attached hydrogen (secondary N) is 1. The number of benzene rings is 1. The van der Waals surface area contributed by atoms with Crippen molar-refractivity contribution < 1.29 is 14.6 Å². The van der Waals surface area contributed by atoms with Gasteiger partial charge < -0.3 is 15.2 Å². The lowest BCUT2D eigenvalue weighted by atomic mass is 10.2. The lowest BCUT2D eigenvalue weighted by Crippen LogP contribution is -2.20. The highest BCUT2D eigenvalue weighted by atomic mass is 16.5. The maximum atomic E-state index is 10.6. The molecule has 1 rings (SSSR count). The summed E-state index contributed by atoms with van der Waals surface area (Å²) in [6.45, 7) is 1.97. The van der Waals surface area contributed by atoms with E-state index in [-0.39, 0.29) is 11.7 Å². The largest absolute Gasteiger partial charge is 0.507 e. The summed E-state index contributed by atoms with van der Waals surface area (Å²) in [4.78, 5) is 10.6. The molecule has 0 radical (unpaired) electrons. The highest BCUT2D eigenvalue weighted by Crippen LogP contribution is 2.21. The van der Waals surface area contributed by atoms with E-state index in [0.29, 0.717) is 24.3 Å². The SMILES string of the molecule is COc1ccc(O)c(C#CCCNC(C)=O)c1. The van der Waals surface area contributed by atoms with Crippen molar-refractivity contribution in [2.45, 2.75) is 13.3 Å². The molecule has 0 heterocycles. The number of aromatic hydroxyl groups is 1. The van der Waals surface area contributed by atoms with Crippen molar-refractivity contribution in [1.82, 2.24) is 5.32 Å². The average molecular weight is 233 g/mol. The minimum Gasteiger partial charge on any atom is -0.507 e. The van der Waals surface area contributed by atoms with Crippen molar-refractivity contribution in [1.29, 1.82) is 0 Å². The second-order valence-corrected chi connectivity index (χ2v) is 3.42. The Morgan fingerprint density at radius 1 is 1.53 bits per heavy atom. The first-order valence-corrected chi connectivity index (χ1v) is 5.24. The number of rotatable bonds is 3. The second kappa shape index (κ2) is 6.44. The summed E-state index contributed by atoms with van der Waals surface area (Å²) in [6, 6.07) is 4.87. The lowest BCUT2D eigenvalue weighted by Gasteiger charge is -2.01. The van der Waals surface area contributed by atoms with Crippen molar-refractivity contribution in [2.75, 3.05) is 13.7 Å². The zero-order valence-electron chi connectivity index (χ0n) is 9.91. The highest BCUT2D eigenvalue weighted by molar-refractivity contribution is 5.72. The van der Waals surface area contributed by atoms with Crippen LogP contribution >= 0.6 is 0 Å². The number of phenols is 1. The molecule has 0 aromatic heterocycles. The van der Waals surface area contributed by atoms with Crippen LogP contribution in [0, 0.1) is 11.8 Å². The molecular weight excluding hydrogens is 218 g/mol. The maximum Gasteiger partial charge on any atom is 0.216 e. The third-order valence-electron chi connectivity index (χ3n) is 2.05. The van der Waals surface area contributed by atoms with Crippen LogP contribution in [0.1, 0.15) is 18.9 Å². The van der Waals surface area contributed by atoms with E-state index in [2.05, 4.69) is 17.2 Å². The molecule has 0 spiro atoms.